The van der Waals surface area contributed by atoms with Gasteiger partial charge in [-0.25, -0.2) is 0 Å². The molecule has 0 saturated carbocycles. The zero-order valence-electron chi connectivity index (χ0n) is 11.0. The molecular weight excluding hydrogens is 274 g/mol. The molecule has 0 spiro atoms. The number of hydrogen-bond donors (Lipinski definition) is 1. The van der Waals surface area contributed by atoms with Crippen molar-refractivity contribution in [3.8, 4) is 0 Å². The van der Waals surface area contributed by atoms with Crippen molar-refractivity contribution in [3.05, 3.63) is 59.1 Å². The molecule has 0 heterocycles. The lowest BCUT2D eigenvalue weighted by Crippen LogP contribution is -2.13. The molecule has 1 nitrogen and oxygen atoms in total. The number of halogens is 1. The van der Waals surface area contributed by atoms with Crippen LogP contribution in [0.2, 0.25) is 5.02 Å². The van der Waals surface area contributed by atoms with E-state index in [2.05, 4.69) is 36.5 Å². The summed E-state index contributed by atoms with van der Waals surface area (Å²) < 4.78 is 0. The summed E-state index contributed by atoms with van der Waals surface area (Å²) in [4.78, 5) is 2.31. The van der Waals surface area contributed by atoms with E-state index >= 15 is 0 Å². The fraction of sp³-hybridized carbons (Fsp3) is 0.250. The summed E-state index contributed by atoms with van der Waals surface area (Å²) in [5.74, 6) is 0. The maximum atomic E-state index is 6.16. The zero-order valence-corrected chi connectivity index (χ0v) is 12.6. The first-order valence-corrected chi connectivity index (χ1v) is 7.71. The van der Waals surface area contributed by atoms with Gasteiger partial charge in [-0.15, -0.1) is 0 Å². The van der Waals surface area contributed by atoms with Crippen molar-refractivity contribution < 1.29 is 0 Å². The van der Waals surface area contributed by atoms with Crippen LogP contribution in [-0.2, 0) is 6.54 Å². The van der Waals surface area contributed by atoms with Crippen LogP contribution in [0, 0.1) is 0 Å². The second-order valence-corrected chi connectivity index (χ2v) is 5.88. The minimum absolute atomic E-state index is 0.807. The molecule has 2 aromatic rings. The maximum Gasteiger partial charge on any atom is 0.0545 e. The molecule has 2 rings (SSSR count). The number of nitrogens with one attached hydrogen (secondary N) is 1. The quantitative estimate of drug-likeness (QED) is 0.753. The third-order valence-corrected chi connectivity index (χ3v) is 4.27. The normalized spacial score (nSPS) is 10.6. The van der Waals surface area contributed by atoms with Crippen LogP contribution in [0.3, 0.4) is 0 Å². The molecule has 0 bridgehead atoms. The van der Waals surface area contributed by atoms with Crippen LogP contribution in [0.1, 0.15) is 18.9 Å². The van der Waals surface area contributed by atoms with Gasteiger partial charge >= 0.3 is 0 Å². The molecule has 3 heteroatoms. The van der Waals surface area contributed by atoms with Gasteiger partial charge in [-0.2, -0.15) is 0 Å². The van der Waals surface area contributed by atoms with Crippen molar-refractivity contribution in [1.29, 1.82) is 0 Å². The Morgan fingerprint density at radius 3 is 2.47 bits per heavy atom. The highest BCUT2D eigenvalue weighted by Crippen LogP contribution is 2.32. The smallest absolute Gasteiger partial charge is 0.0545 e. The third kappa shape index (κ3) is 4.57. The van der Waals surface area contributed by atoms with E-state index in [-0.39, 0.29) is 0 Å². The topological polar surface area (TPSA) is 12.0 Å². The van der Waals surface area contributed by atoms with Crippen LogP contribution >= 0.6 is 23.4 Å². The molecule has 19 heavy (non-hydrogen) atoms. The first kappa shape index (κ1) is 14.4. The molecule has 0 fully saturated rings. The SMILES string of the molecule is CCCNCc1ccc(Sc2ccccc2Cl)cc1. The monoisotopic (exact) mass is 291 g/mol. The fourth-order valence-electron chi connectivity index (χ4n) is 1.74. The summed E-state index contributed by atoms with van der Waals surface area (Å²) in [6, 6.07) is 16.6. The minimum Gasteiger partial charge on any atom is -0.313 e. The highest BCUT2D eigenvalue weighted by Gasteiger charge is 2.01. The molecule has 1 N–H and O–H groups in total. The predicted octanol–water partition coefficient (Wildman–Crippen LogP) is 4.99. The Kier molecular flexibility index (Phi) is 5.77. The van der Waals surface area contributed by atoms with Crippen molar-refractivity contribution >= 4 is 23.4 Å². The van der Waals surface area contributed by atoms with E-state index < -0.39 is 0 Å². The van der Waals surface area contributed by atoms with E-state index in [1.807, 2.05) is 24.3 Å². The molecule has 0 atom stereocenters. The summed E-state index contributed by atoms with van der Waals surface area (Å²) >= 11 is 7.86. The molecule has 2 aromatic carbocycles. The van der Waals surface area contributed by atoms with E-state index in [4.69, 9.17) is 11.6 Å². The van der Waals surface area contributed by atoms with Gasteiger partial charge in [-0.05, 0) is 42.8 Å². The van der Waals surface area contributed by atoms with Gasteiger partial charge in [-0.1, -0.05) is 54.6 Å². The largest absolute Gasteiger partial charge is 0.313 e. The summed E-state index contributed by atoms with van der Waals surface area (Å²) in [5, 5.41) is 4.21. The molecule has 0 aliphatic rings. The molecular formula is C16H18ClNS. The van der Waals surface area contributed by atoms with Gasteiger partial charge in [-0.3, -0.25) is 0 Å². The molecule has 0 unspecified atom stereocenters. The van der Waals surface area contributed by atoms with Crippen molar-refractivity contribution in [1.82, 2.24) is 5.32 Å². The van der Waals surface area contributed by atoms with Crippen LogP contribution in [0.4, 0.5) is 0 Å². The van der Waals surface area contributed by atoms with Crippen molar-refractivity contribution in [2.24, 2.45) is 0 Å². The molecule has 100 valence electrons. The number of benzene rings is 2. The number of hydrogen-bond acceptors (Lipinski definition) is 2. The van der Waals surface area contributed by atoms with Crippen LogP contribution in [0.5, 0.6) is 0 Å². The van der Waals surface area contributed by atoms with Crippen LogP contribution < -0.4 is 5.32 Å². The molecule has 0 saturated heterocycles. The van der Waals surface area contributed by atoms with Crippen LogP contribution in [0.15, 0.2) is 58.3 Å². The molecule has 0 radical (unpaired) electrons. The van der Waals surface area contributed by atoms with Gasteiger partial charge in [0, 0.05) is 16.3 Å². The van der Waals surface area contributed by atoms with Crippen molar-refractivity contribution in [2.45, 2.75) is 29.7 Å². The average molecular weight is 292 g/mol. The lowest BCUT2D eigenvalue weighted by Gasteiger charge is -2.06. The highest BCUT2D eigenvalue weighted by molar-refractivity contribution is 7.99. The van der Waals surface area contributed by atoms with Gasteiger partial charge in [0.25, 0.3) is 0 Å². The first-order chi connectivity index (χ1) is 9.29. The van der Waals surface area contributed by atoms with E-state index in [0.29, 0.717) is 0 Å². The highest BCUT2D eigenvalue weighted by atomic mass is 35.5. The molecule has 0 aromatic heterocycles. The predicted molar refractivity (Wildman–Crippen MR) is 84.0 cm³/mol. The lowest BCUT2D eigenvalue weighted by atomic mass is 10.2. The third-order valence-electron chi connectivity index (χ3n) is 2.74. The van der Waals surface area contributed by atoms with Gasteiger partial charge < -0.3 is 5.32 Å². The van der Waals surface area contributed by atoms with Crippen molar-refractivity contribution in [3.63, 3.8) is 0 Å². The Labute approximate surface area is 124 Å². The van der Waals surface area contributed by atoms with Gasteiger partial charge in [0.05, 0.1) is 5.02 Å². The van der Waals surface area contributed by atoms with Crippen LogP contribution in [0.25, 0.3) is 0 Å². The Hall–Kier alpha value is -0.960. The lowest BCUT2D eigenvalue weighted by molar-refractivity contribution is 0.675. The van der Waals surface area contributed by atoms with Gasteiger partial charge in [0.2, 0.25) is 0 Å². The Balaban J connectivity index is 1.97. The Morgan fingerprint density at radius 1 is 1.05 bits per heavy atom. The van der Waals surface area contributed by atoms with Gasteiger partial charge in [0.1, 0.15) is 0 Å². The molecule has 0 aliphatic heterocycles. The summed E-state index contributed by atoms with van der Waals surface area (Å²) in [6.45, 7) is 4.18. The summed E-state index contributed by atoms with van der Waals surface area (Å²) in [6.07, 6.45) is 1.17. The van der Waals surface area contributed by atoms with Crippen molar-refractivity contribution in [2.75, 3.05) is 6.54 Å². The Bertz CT molecular complexity index is 510. The first-order valence-electron chi connectivity index (χ1n) is 6.51. The summed E-state index contributed by atoms with van der Waals surface area (Å²) in [7, 11) is 0. The minimum atomic E-state index is 0.807. The average Bonchev–Trinajstić information content (AvgIpc) is 2.44. The second-order valence-electron chi connectivity index (χ2n) is 4.35. The van der Waals surface area contributed by atoms with E-state index in [0.717, 1.165) is 23.0 Å². The zero-order chi connectivity index (χ0) is 13.5. The molecule has 0 aliphatic carbocycles. The summed E-state index contributed by atoms with van der Waals surface area (Å²) in [5.41, 5.74) is 1.32. The van der Waals surface area contributed by atoms with E-state index in [1.54, 1.807) is 11.8 Å². The molecule has 0 amide bonds. The fourth-order valence-corrected chi connectivity index (χ4v) is 2.83. The van der Waals surface area contributed by atoms with Gasteiger partial charge in [0.15, 0.2) is 0 Å². The Morgan fingerprint density at radius 2 is 1.79 bits per heavy atom. The van der Waals surface area contributed by atoms with E-state index in [1.165, 1.54) is 16.9 Å². The standard InChI is InChI=1S/C16H18ClNS/c1-2-11-18-12-13-7-9-14(10-8-13)19-16-6-4-3-5-15(16)17/h3-10,18H,2,11-12H2,1H3. The second kappa shape index (κ2) is 7.59. The number of rotatable bonds is 6. The van der Waals surface area contributed by atoms with E-state index in [9.17, 15) is 0 Å². The maximum absolute atomic E-state index is 6.16. The van der Waals surface area contributed by atoms with Crippen LogP contribution in [-0.4, -0.2) is 6.54 Å².